The van der Waals surface area contributed by atoms with E-state index in [9.17, 15) is 4.79 Å². The van der Waals surface area contributed by atoms with Crippen LogP contribution < -0.4 is 10.2 Å². The Morgan fingerprint density at radius 1 is 1.28 bits per heavy atom. The first-order valence-corrected chi connectivity index (χ1v) is 8.76. The molecule has 128 valence electrons. The number of oxazole rings is 1. The van der Waals surface area contributed by atoms with E-state index in [2.05, 4.69) is 15.5 Å². The first kappa shape index (κ1) is 17.0. The largest absolute Gasteiger partial charge is 0.494 e. The van der Waals surface area contributed by atoms with Crippen LogP contribution >= 0.6 is 11.8 Å². The van der Waals surface area contributed by atoms with Gasteiger partial charge in [-0.1, -0.05) is 23.9 Å². The predicted molar refractivity (Wildman–Crippen MR) is 98.1 cm³/mol. The highest BCUT2D eigenvalue weighted by atomic mass is 32.2. The summed E-state index contributed by atoms with van der Waals surface area (Å²) in [5.74, 6) is 0.751. The lowest BCUT2D eigenvalue weighted by Crippen LogP contribution is -2.19. The van der Waals surface area contributed by atoms with Gasteiger partial charge in [0.05, 0.1) is 18.6 Å². The predicted octanol–water partition coefficient (Wildman–Crippen LogP) is 3.47. The molecule has 0 radical (unpaired) electrons. The van der Waals surface area contributed by atoms with Gasteiger partial charge in [-0.2, -0.15) is 5.10 Å². The van der Waals surface area contributed by atoms with Crippen molar-refractivity contribution in [3.05, 3.63) is 54.1 Å². The lowest BCUT2D eigenvalue weighted by Gasteiger charge is -2.02. The van der Waals surface area contributed by atoms with Crippen LogP contribution in [0.1, 0.15) is 12.5 Å². The Bertz CT molecular complexity index is 842. The van der Waals surface area contributed by atoms with Crippen LogP contribution in [0.5, 0.6) is 5.75 Å². The molecule has 0 aliphatic heterocycles. The number of hydrazone groups is 1. The maximum Gasteiger partial charge on any atom is 0.257 e. The van der Waals surface area contributed by atoms with Crippen molar-refractivity contribution in [2.24, 2.45) is 5.10 Å². The summed E-state index contributed by atoms with van der Waals surface area (Å²) < 4.78 is 10.9. The van der Waals surface area contributed by atoms with E-state index in [1.807, 2.05) is 55.5 Å². The molecule has 0 saturated carbocycles. The molecule has 0 atom stereocenters. The molecule has 0 aliphatic rings. The number of rotatable bonds is 7. The lowest BCUT2D eigenvalue weighted by atomic mass is 10.2. The number of hydrogen-bond donors (Lipinski definition) is 1. The van der Waals surface area contributed by atoms with E-state index in [0.717, 1.165) is 16.8 Å². The first-order valence-electron chi connectivity index (χ1n) is 7.78. The number of aromatic nitrogens is 1. The van der Waals surface area contributed by atoms with Crippen molar-refractivity contribution in [3.8, 4) is 5.75 Å². The molecule has 25 heavy (non-hydrogen) atoms. The SMILES string of the molecule is CCOc1ccc(/C=N/NC(=O)CSc2nc3ccccc3o2)cc1. The number of para-hydroxylation sites is 2. The summed E-state index contributed by atoms with van der Waals surface area (Å²) in [5.41, 5.74) is 4.84. The Hall–Kier alpha value is -2.80. The van der Waals surface area contributed by atoms with Crippen LogP contribution in [0.3, 0.4) is 0 Å². The van der Waals surface area contributed by atoms with Crippen molar-refractivity contribution in [2.75, 3.05) is 12.4 Å². The van der Waals surface area contributed by atoms with Gasteiger partial charge in [-0.25, -0.2) is 10.4 Å². The van der Waals surface area contributed by atoms with Crippen LogP contribution in [-0.2, 0) is 4.79 Å². The van der Waals surface area contributed by atoms with Crippen LogP contribution in [0.4, 0.5) is 0 Å². The summed E-state index contributed by atoms with van der Waals surface area (Å²) >= 11 is 1.23. The second kappa shape index (κ2) is 8.34. The molecular formula is C18H17N3O3S. The second-order valence-corrected chi connectivity index (χ2v) is 5.96. The zero-order valence-corrected chi connectivity index (χ0v) is 14.5. The van der Waals surface area contributed by atoms with Crippen LogP contribution in [0.15, 0.2) is 63.3 Å². The van der Waals surface area contributed by atoms with E-state index < -0.39 is 0 Å². The molecule has 0 saturated heterocycles. The summed E-state index contributed by atoms with van der Waals surface area (Å²) in [4.78, 5) is 16.1. The van der Waals surface area contributed by atoms with E-state index in [1.165, 1.54) is 11.8 Å². The standard InChI is InChI=1S/C18H17N3O3S/c1-2-23-14-9-7-13(8-10-14)11-19-21-17(22)12-25-18-20-15-5-3-4-6-16(15)24-18/h3-11H,2,12H2,1H3,(H,21,22)/b19-11+. The third-order valence-corrected chi connectivity index (χ3v) is 4.02. The third kappa shape index (κ3) is 4.84. The summed E-state index contributed by atoms with van der Waals surface area (Å²) in [6.45, 7) is 2.56. The minimum Gasteiger partial charge on any atom is -0.494 e. The molecule has 3 rings (SSSR count). The van der Waals surface area contributed by atoms with Gasteiger partial charge >= 0.3 is 0 Å². The van der Waals surface area contributed by atoms with Gasteiger partial charge < -0.3 is 9.15 Å². The van der Waals surface area contributed by atoms with Gasteiger partial charge in [0.2, 0.25) is 0 Å². The smallest absolute Gasteiger partial charge is 0.257 e. The van der Waals surface area contributed by atoms with Gasteiger partial charge in [-0.15, -0.1) is 0 Å². The number of carbonyl (C=O) groups is 1. The molecule has 0 spiro atoms. The number of amides is 1. The zero-order chi connectivity index (χ0) is 17.5. The van der Waals surface area contributed by atoms with Gasteiger partial charge in [0.1, 0.15) is 11.3 Å². The number of benzene rings is 2. The normalized spacial score (nSPS) is 11.1. The van der Waals surface area contributed by atoms with Crippen molar-refractivity contribution in [3.63, 3.8) is 0 Å². The molecule has 6 nitrogen and oxygen atoms in total. The molecule has 0 bridgehead atoms. The number of nitrogens with zero attached hydrogens (tertiary/aromatic N) is 2. The molecule has 3 aromatic rings. The summed E-state index contributed by atoms with van der Waals surface area (Å²) in [6, 6.07) is 14.9. The van der Waals surface area contributed by atoms with Crippen LogP contribution in [-0.4, -0.2) is 29.5 Å². The number of carbonyl (C=O) groups excluding carboxylic acids is 1. The molecule has 0 unspecified atom stereocenters. The maximum absolute atomic E-state index is 11.8. The highest BCUT2D eigenvalue weighted by molar-refractivity contribution is 7.99. The summed E-state index contributed by atoms with van der Waals surface area (Å²) in [7, 11) is 0. The van der Waals surface area contributed by atoms with E-state index >= 15 is 0 Å². The van der Waals surface area contributed by atoms with Crippen LogP contribution in [0.2, 0.25) is 0 Å². The Morgan fingerprint density at radius 3 is 2.84 bits per heavy atom. The molecule has 1 heterocycles. The van der Waals surface area contributed by atoms with Crippen molar-refractivity contribution < 1.29 is 13.9 Å². The number of thioether (sulfide) groups is 1. The van der Waals surface area contributed by atoms with Gasteiger partial charge in [0, 0.05) is 0 Å². The van der Waals surface area contributed by atoms with Crippen molar-refractivity contribution >= 4 is 35.0 Å². The fraction of sp³-hybridized carbons (Fsp3) is 0.167. The number of fused-ring (bicyclic) bond motifs is 1. The van der Waals surface area contributed by atoms with E-state index in [0.29, 0.717) is 17.4 Å². The quantitative estimate of drug-likeness (QED) is 0.399. The molecule has 0 aliphatic carbocycles. The molecule has 2 aromatic carbocycles. The Labute approximate surface area is 149 Å². The highest BCUT2D eigenvalue weighted by Gasteiger charge is 2.08. The fourth-order valence-electron chi connectivity index (χ4n) is 2.07. The maximum atomic E-state index is 11.8. The minimum absolute atomic E-state index is 0.174. The number of nitrogens with one attached hydrogen (secondary N) is 1. The van der Waals surface area contributed by atoms with E-state index in [4.69, 9.17) is 9.15 Å². The van der Waals surface area contributed by atoms with Crippen molar-refractivity contribution in [2.45, 2.75) is 12.1 Å². The third-order valence-electron chi connectivity index (χ3n) is 3.19. The summed E-state index contributed by atoms with van der Waals surface area (Å²) in [5, 5.41) is 4.41. The molecule has 1 amide bonds. The van der Waals surface area contributed by atoms with Gasteiger partial charge in [-0.3, -0.25) is 4.79 Å². The monoisotopic (exact) mass is 355 g/mol. The molecule has 7 heteroatoms. The minimum atomic E-state index is -0.227. The van der Waals surface area contributed by atoms with Gasteiger partial charge in [0.25, 0.3) is 11.1 Å². The Morgan fingerprint density at radius 2 is 2.08 bits per heavy atom. The molecule has 1 N–H and O–H groups in total. The Kier molecular flexibility index (Phi) is 5.69. The van der Waals surface area contributed by atoms with Crippen molar-refractivity contribution in [1.82, 2.24) is 10.4 Å². The fourth-order valence-corrected chi connectivity index (χ4v) is 2.70. The topological polar surface area (TPSA) is 76.7 Å². The van der Waals surface area contributed by atoms with Crippen LogP contribution in [0.25, 0.3) is 11.1 Å². The molecule has 0 fully saturated rings. The lowest BCUT2D eigenvalue weighted by molar-refractivity contribution is -0.118. The van der Waals surface area contributed by atoms with Gasteiger partial charge in [0.15, 0.2) is 5.58 Å². The average Bonchev–Trinajstić information content (AvgIpc) is 3.05. The Balaban J connectivity index is 1.47. The average molecular weight is 355 g/mol. The summed E-state index contributed by atoms with van der Waals surface area (Å²) in [6.07, 6.45) is 1.58. The number of hydrogen-bond acceptors (Lipinski definition) is 6. The van der Waals surface area contributed by atoms with Crippen molar-refractivity contribution in [1.29, 1.82) is 0 Å². The highest BCUT2D eigenvalue weighted by Crippen LogP contribution is 2.22. The zero-order valence-electron chi connectivity index (χ0n) is 13.6. The number of ether oxygens (including phenoxy) is 1. The van der Waals surface area contributed by atoms with E-state index in [-0.39, 0.29) is 11.7 Å². The van der Waals surface area contributed by atoms with E-state index in [1.54, 1.807) is 6.21 Å². The molecule has 1 aromatic heterocycles. The van der Waals surface area contributed by atoms with Gasteiger partial charge in [-0.05, 0) is 48.9 Å². The second-order valence-electron chi connectivity index (χ2n) is 5.03. The van der Waals surface area contributed by atoms with Crippen LogP contribution in [0, 0.1) is 0 Å². The first-order chi connectivity index (χ1) is 12.2. The molecular weight excluding hydrogens is 338 g/mol.